The molecule has 0 fully saturated rings. The number of benzene rings is 2. The minimum Gasteiger partial charge on any atom is -0.497 e. The number of halogens is 1. The van der Waals surface area contributed by atoms with Crippen molar-refractivity contribution in [3.05, 3.63) is 87.3 Å². The van der Waals surface area contributed by atoms with Gasteiger partial charge in [0.25, 0.3) is 0 Å². The molecule has 11 heteroatoms. The van der Waals surface area contributed by atoms with Gasteiger partial charge in [-0.3, -0.25) is 14.5 Å². The summed E-state index contributed by atoms with van der Waals surface area (Å²) in [7, 11) is 1.57. The molecule has 8 nitrogen and oxygen atoms in total. The number of methoxy groups -OCH3 is 1. The van der Waals surface area contributed by atoms with Crippen molar-refractivity contribution >= 4 is 51.4 Å². The van der Waals surface area contributed by atoms with Crippen molar-refractivity contribution in [2.45, 2.75) is 36.9 Å². The van der Waals surface area contributed by atoms with E-state index in [4.69, 9.17) is 22.1 Å². The van der Waals surface area contributed by atoms with Gasteiger partial charge in [0.1, 0.15) is 11.6 Å². The van der Waals surface area contributed by atoms with Gasteiger partial charge < -0.3 is 10.5 Å². The summed E-state index contributed by atoms with van der Waals surface area (Å²) in [6, 6.07) is 16.4. The molecule has 0 bridgehead atoms. The molecule has 2 heterocycles. The van der Waals surface area contributed by atoms with Gasteiger partial charge in [-0.2, -0.15) is 5.26 Å². The molecule has 40 heavy (non-hydrogen) atoms. The fraction of sp³-hybridized carbons (Fsp3) is 0.276. The fourth-order valence-electron chi connectivity index (χ4n) is 5.08. The summed E-state index contributed by atoms with van der Waals surface area (Å²) in [5, 5.41) is 19.9. The van der Waals surface area contributed by atoms with Crippen molar-refractivity contribution in [1.82, 2.24) is 10.2 Å². The van der Waals surface area contributed by atoms with E-state index in [1.165, 1.54) is 23.1 Å². The van der Waals surface area contributed by atoms with Crippen LogP contribution in [0.15, 0.2) is 75.5 Å². The topological polar surface area (TPSA) is 122 Å². The average Bonchev–Trinajstić information content (AvgIpc) is 3.39. The van der Waals surface area contributed by atoms with E-state index in [2.05, 4.69) is 16.3 Å². The van der Waals surface area contributed by atoms with E-state index in [0.29, 0.717) is 44.2 Å². The van der Waals surface area contributed by atoms with Crippen LogP contribution < -0.4 is 15.4 Å². The zero-order valence-electron chi connectivity index (χ0n) is 22.1. The highest BCUT2D eigenvalue weighted by atomic mass is 35.5. The van der Waals surface area contributed by atoms with Crippen molar-refractivity contribution in [1.29, 1.82) is 5.26 Å². The van der Waals surface area contributed by atoms with Gasteiger partial charge in [-0.15, -0.1) is 10.2 Å². The Bertz CT molecular complexity index is 1600. The lowest BCUT2D eigenvalue weighted by atomic mass is 9.68. The molecule has 1 unspecified atom stereocenters. The number of nitriles is 1. The SMILES string of the molecule is COc1cccc(C2C(C#N)=C(N)N(c3nnc(SCC(=O)c4ccc(Cl)cc4)s3)C3=C2C(=O)CC(C)(C)C3)c1. The standard InChI is InChI=1S/C29H26ClN5O3S2/c1-29(2)12-21-25(22(36)13-29)24(17-5-4-6-19(11-17)38-3)20(14-31)26(32)35(21)27-33-34-28(40-27)39-15-23(37)16-7-9-18(30)10-8-16/h4-11,24H,12-13,15,32H2,1-3H3. The average molecular weight is 592 g/mol. The molecule has 1 aromatic heterocycles. The van der Waals surface area contributed by atoms with Gasteiger partial charge in [0.2, 0.25) is 5.13 Å². The zero-order chi connectivity index (χ0) is 28.6. The number of Topliss-reactive ketones (excluding diaryl/α,β-unsaturated/α-hetero) is 2. The normalized spacial score (nSPS) is 18.4. The van der Waals surface area contributed by atoms with Crippen LogP contribution in [0.1, 0.15) is 48.5 Å². The Morgan fingerprint density at radius 3 is 2.70 bits per heavy atom. The maximum atomic E-state index is 13.7. The second kappa shape index (κ2) is 11.1. The number of allylic oxidation sites excluding steroid dienone is 3. The van der Waals surface area contributed by atoms with Crippen molar-refractivity contribution in [2.24, 2.45) is 11.1 Å². The summed E-state index contributed by atoms with van der Waals surface area (Å²) < 4.78 is 5.98. The van der Waals surface area contributed by atoms with Gasteiger partial charge >= 0.3 is 0 Å². The molecule has 0 radical (unpaired) electrons. The largest absolute Gasteiger partial charge is 0.497 e. The molecule has 1 aliphatic carbocycles. The Morgan fingerprint density at radius 2 is 2.00 bits per heavy atom. The van der Waals surface area contributed by atoms with E-state index in [0.717, 1.165) is 11.3 Å². The number of carbonyl (C=O) groups excluding carboxylic acids is 2. The van der Waals surface area contributed by atoms with Crippen LogP contribution in [0.3, 0.4) is 0 Å². The van der Waals surface area contributed by atoms with Gasteiger partial charge in [0, 0.05) is 28.3 Å². The number of thioether (sulfide) groups is 1. The first-order chi connectivity index (χ1) is 19.1. The van der Waals surface area contributed by atoms with Crippen molar-refractivity contribution in [3.8, 4) is 11.8 Å². The molecule has 2 aliphatic rings. The number of rotatable bonds is 7. The fourth-order valence-corrected chi connectivity index (χ4v) is 6.98. The molecule has 204 valence electrons. The van der Waals surface area contributed by atoms with E-state index in [1.807, 2.05) is 38.1 Å². The van der Waals surface area contributed by atoms with E-state index >= 15 is 0 Å². The molecule has 0 saturated heterocycles. The Hall–Kier alpha value is -3.65. The van der Waals surface area contributed by atoms with E-state index in [-0.39, 0.29) is 34.1 Å². The number of nitrogens with zero attached hydrogens (tertiary/aromatic N) is 4. The van der Waals surface area contributed by atoms with Gasteiger partial charge in [-0.25, -0.2) is 0 Å². The summed E-state index contributed by atoms with van der Waals surface area (Å²) in [4.78, 5) is 28.0. The third kappa shape index (κ3) is 5.37. The van der Waals surface area contributed by atoms with Crippen LogP contribution in [-0.4, -0.2) is 34.6 Å². The first kappa shape index (κ1) is 27.9. The monoisotopic (exact) mass is 591 g/mol. The second-order valence-corrected chi connectivity index (χ2v) is 12.9. The number of anilines is 1. The highest BCUT2D eigenvalue weighted by Crippen LogP contribution is 2.51. The first-order valence-electron chi connectivity index (χ1n) is 12.5. The highest BCUT2D eigenvalue weighted by Gasteiger charge is 2.45. The summed E-state index contributed by atoms with van der Waals surface area (Å²) in [6.07, 6.45) is 0.911. The summed E-state index contributed by atoms with van der Waals surface area (Å²) in [6.45, 7) is 4.08. The Kier molecular flexibility index (Phi) is 7.73. The lowest BCUT2D eigenvalue weighted by molar-refractivity contribution is -0.118. The minimum absolute atomic E-state index is 0.0306. The maximum absolute atomic E-state index is 13.7. The van der Waals surface area contributed by atoms with Crippen LogP contribution in [-0.2, 0) is 4.79 Å². The Balaban J connectivity index is 1.52. The summed E-state index contributed by atoms with van der Waals surface area (Å²) >= 11 is 8.46. The molecule has 0 amide bonds. The molecular formula is C29H26ClN5O3S2. The van der Waals surface area contributed by atoms with Gasteiger partial charge in [-0.1, -0.05) is 60.7 Å². The summed E-state index contributed by atoms with van der Waals surface area (Å²) in [5.41, 5.74) is 9.23. The molecule has 5 rings (SSSR count). The third-order valence-corrected chi connectivity index (χ3v) is 9.18. The van der Waals surface area contributed by atoms with Crippen molar-refractivity contribution in [2.75, 3.05) is 17.8 Å². The molecule has 2 aromatic carbocycles. The number of ether oxygens (including phenoxy) is 1. The number of carbonyl (C=O) groups is 2. The van der Waals surface area contributed by atoms with Crippen LogP contribution >= 0.6 is 34.7 Å². The number of aromatic nitrogens is 2. The van der Waals surface area contributed by atoms with Gasteiger partial charge in [-0.05, 0) is 53.8 Å². The smallest absolute Gasteiger partial charge is 0.219 e. The van der Waals surface area contributed by atoms with Gasteiger partial charge in [0.15, 0.2) is 15.9 Å². The van der Waals surface area contributed by atoms with Crippen molar-refractivity contribution < 1.29 is 14.3 Å². The molecule has 0 saturated carbocycles. The Morgan fingerprint density at radius 1 is 1.25 bits per heavy atom. The number of nitrogens with two attached hydrogens (primary N) is 1. The second-order valence-electron chi connectivity index (χ2n) is 10.3. The minimum atomic E-state index is -0.617. The zero-order valence-corrected chi connectivity index (χ0v) is 24.5. The predicted molar refractivity (Wildman–Crippen MR) is 157 cm³/mol. The highest BCUT2D eigenvalue weighted by molar-refractivity contribution is 8.01. The maximum Gasteiger partial charge on any atom is 0.219 e. The van der Waals surface area contributed by atoms with Crippen LogP contribution in [0, 0.1) is 16.7 Å². The number of hydrogen-bond donors (Lipinski definition) is 1. The molecule has 1 atom stereocenters. The third-order valence-electron chi connectivity index (χ3n) is 6.89. The molecule has 1 aliphatic heterocycles. The Labute approximate surface area is 245 Å². The number of hydrogen-bond acceptors (Lipinski definition) is 10. The van der Waals surface area contributed by atoms with Crippen molar-refractivity contribution in [3.63, 3.8) is 0 Å². The van der Waals surface area contributed by atoms with E-state index in [1.54, 1.807) is 36.3 Å². The quantitative estimate of drug-likeness (QED) is 0.256. The lowest BCUT2D eigenvalue weighted by Crippen LogP contribution is -2.42. The first-order valence-corrected chi connectivity index (χ1v) is 14.6. The van der Waals surface area contributed by atoms with Crippen LogP contribution in [0.25, 0.3) is 0 Å². The predicted octanol–water partition coefficient (Wildman–Crippen LogP) is 6.12. The number of ketones is 2. The van der Waals surface area contributed by atoms with Crippen LogP contribution in [0.2, 0.25) is 5.02 Å². The van der Waals surface area contributed by atoms with E-state index in [9.17, 15) is 14.9 Å². The van der Waals surface area contributed by atoms with Crippen LogP contribution in [0.4, 0.5) is 5.13 Å². The summed E-state index contributed by atoms with van der Waals surface area (Å²) in [5.74, 6) is 0.298. The van der Waals surface area contributed by atoms with Gasteiger partial charge in [0.05, 0.1) is 30.4 Å². The molecule has 2 N–H and O–H groups in total. The lowest BCUT2D eigenvalue weighted by Gasteiger charge is -2.42. The van der Waals surface area contributed by atoms with Crippen LogP contribution in [0.5, 0.6) is 5.75 Å². The molecule has 3 aromatic rings. The molecular weight excluding hydrogens is 566 g/mol. The molecule has 0 spiro atoms. The van der Waals surface area contributed by atoms with E-state index < -0.39 is 5.92 Å².